The summed E-state index contributed by atoms with van der Waals surface area (Å²) in [5, 5.41) is 0. The number of rotatable bonds is 2. The first-order chi connectivity index (χ1) is 7.45. The van der Waals surface area contributed by atoms with Gasteiger partial charge in [-0.2, -0.15) is 0 Å². The minimum Gasteiger partial charge on any atom is -0.273 e. The van der Waals surface area contributed by atoms with Crippen molar-refractivity contribution in [3.8, 4) is 0 Å². The highest BCUT2D eigenvalue weighted by Crippen LogP contribution is 2.05. The molecule has 0 heterocycles. The minimum absolute atomic E-state index is 0.521. The molecule has 3 heteroatoms. The number of hydrogen-bond donors (Lipinski definition) is 0. The summed E-state index contributed by atoms with van der Waals surface area (Å²) in [5.41, 5.74) is 1.60. The normalized spacial score (nSPS) is 9.50. The van der Waals surface area contributed by atoms with Gasteiger partial charge in [0.25, 0.3) is 0 Å². The van der Waals surface area contributed by atoms with E-state index in [9.17, 15) is 8.78 Å². The molecule has 0 aromatic heterocycles. The van der Waals surface area contributed by atoms with Gasteiger partial charge in [-0.05, 0) is 44.3 Å². The van der Waals surface area contributed by atoms with E-state index in [0.717, 1.165) is 11.6 Å². The summed E-state index contributed by atoms with van der Waals surface area (Å²) in [7, 11) is 0. The van der Waals surface area contributed by atoms with Crippen LogP contribution < -0.4 is 0 Å². The lowest BCUT2D eigenvalue weighted by molar-refractivity contribution is 0.581. The average Bonchev–Trinajstić information content (AvgIpc) is 2.13. The molecule has 0 aliphatic heterocycles. The van der Waals surface area contributed by atoms with Gasteiger partial charge in [0.1, 0.15) is 11.6 Å². The molecule has 0 fully saturated rings. The Balaban J connectivity index is 0.000000293. The lowest BCUT2D eigenvalue weighted by Gasteiger charge is -1.91. The van der Waals surface area contributed by atoms with Crippen molar-refractivity contribution in [2.24, 2.45) is 4.99 Å². The standard InChI is InChI=1S/C7H6F2.C6H9N/c1-5-2-6(8)4-7(9)3-5;1-6(2)4-5-7-3/h2-4H,1H3;4-5H,1,3H2,2H3/b;5-4-. The summed E-state index contributed by atoms with van der Waals surface area (Å²) in [6.45, 7) is 10.4. The molecule has 0 unspecified atom stereocenters. The van der Waals surface area contributed by atoms with Gasteiger partial charge in [0, 0.05) is 12.3 Å². The van der Waals surface area contributed by atoms with Crippen molar-refractivity contribution in [1.29, 1.82) is 0 Å². The number of nitrogens with zero attached hydrogens (tertiary/aromatic N) is 1. The number of hydrogen-bond acceptors (Lipinski definition) is 1. The zero-order valence-corrected chi connectivity index (χ0v) is 9.50. The van der Waals surface area contributed by atoms with E-state index in [2.05, 4.69) is 18.3 Å². The van der Waals surface area contributed by atoms with Gasteiger partial charge in [-0.15, -0.1) is 0 Å². The van der Waals surface area contributed by atoms with Crippen molar-refractivity contribution in [3.63, 3.8) is 0 Å². The zero-order chi connectivity index (χ0) is 12.6. The summed E-state index contributed by atoms with van der Waals surface area (Å²) < 4.78 is 24.4. The van der Waals surface area contributed by atoms with Gasteiger partial charge >= 0.3 is 0 Å². The number of allylic oxidation sites excluding steroid dienone is 2. The third kappa shape index (κ3) is 7.62. The van der Waals surface area contributed by atoms with Crippen LogP contribution >= 0.6 is 0 Å². The van der Waals surface area contributed by atoms with Crippen LogP contribution in [0.15, 0.2) is 47.6 Å². The highest BCUT2D eigenvalue weighted by molar-refractivity contribution is 5.26. The highest BCUT2D eigenvalue weighted by atomic mass is 19.1. The molecule has 0 N–H and O–H groups in total. The summed E-state index contributed by atoms with van der Waals surface area (Å²) >= 11 is 0. The second-order valence-corrected chi connectivity index (χ2v) is 3.29. The molecule has 0 atom stereocenters. The molecular weight excluding hydrogens is 208 g/mol. The number of aliphatic imine (C=N–C) groups is 1. The Morgan fingerprint density at radius 3 is 2.00 bits per heavy atom. The SMILES string of the molecule is C=N/C=C\C(=C)C.Cc1cc(F)cc(F)c1. The molecule has 16 heavy (non-hydrogen) atoms. The third-order valence-electron chi connectivity index (χ3n) is 1.47. The molecule has 0 aliphatic rings. The molecule has 0 aliphatic carbocycles. The Bertz CT molecular complexity index is 344. The van der Waals surface area contributed by atoms with Crippen molar-refractivity contribution < 1.29 is 8.78 Å². The van der Waals surface area contributed by atoms with Crippen molar-refractivity contribution in [2.75, 3.05) is 0 Å². The fourth-order valence-corrected chi connectivity index (χ4v) is 0.872. The van der Waals surface area contributed by atoms with Gasteiger partial charge in [0.15, 0.2) is 0 Å². The Kier molecular flexibility index (Phi) is 6.68. The van der Waals surface area contributed by atoms with Crippen LogP contribution in [0.2, 0.25) is 0 Å². The van der Waals surface area contributed by atoms with Crippen LogP contribution in [0.4, 0.5) is 8.78 Å². The fraction of sp³-hybridized carbons (Fsp3) is 0.154. The van der Waals surface area contributed by atoms with Gasteiger partial charge < -0.3 is 0 Å². The molecule has 86 valence electrons. The molecule has 0 bridgehead atoms. The molecule has 1 aromatic rings. The van der Waals surface area contributed by atoms with Crippen LogP contribution in [0.25, 0.3) is 0 Å². The van der Waals surface area contributed by atoms with Crippen LogP contribution in [-0.4, -0.2) is 6.72 Å². The lowest BCUT2D eigenvalue weighted by Crippen LogP contribution is -1.80. The molecule has 0 saturated heterocycles. The smallest absolute Gasteiger partial charge is 0.126 e. The molecule has 0 saturated carbocycles. The van der Waals surface area contributed by atoms with Gasteiger partial charge in [-0.3, -0.25) is 4.99 Å². The second kappa shape index (κ2) is 7.51. The van der Waals surface area contributed by atoms with E-state index in [1.54, 1.807) is 19.2 Å². The van der Waals surface area contributed by atoms with Gasteiger partial charge in [0.05, 0.1) is 0 Å². The average molecular weight is 223 g/mol. The molecule has 0 radical (unpaired) electrons. The van der Waals surface area contributed by atoms with E-state index in [1.807, 2.05) is 6.92 Å². The van der Waals surface area contributed by atoms with Gasteiger partial charge in [-0.1, -0.05) is 12.2 Å². The number of benzene rings is 1. The first kappa shape index (κ1) is 14.2. The summed E-state index contributed by atoms with van der Waals surface area (Å²) in [6.07, 6.45) is 3.41. The van der Waals surface area contributed by atoms with Crippen LogP contribution in [-0.2, 0) is 0 Å². The van der Waals surface area contributed by atoms with Crippen LogP contribution in [0.1, 0.15) is 12.5 Å². The molecular formula is C13H15F2N. The first-order valence-corrected chi connectivity index (χ1v) is 4.66. The summed E-state index contributed by atoms with van der Waals surface area (Å²) in [6, 6.07) is 3.42. The number of aryl methyl sites for hydroxylation is 1. The monoisotopic (exact) mass is 223 g/mol. The van der Waals surface area contributed by atoms with E-state index < -0.39 is 11.6 Å². The Morgan fingerprint density at radius 2 is 1.75 bits per heavy atom. The van der Waals surface area contributed by atoms with E-state index in [0.29, 0.717) is 5.56 Å². The van der Waals surface area contributed by atoms with Gasteiger partial charge in [0.2, 0.25) is 0 Å². The molecule has 1 aromatic carbocycles. The highest BCUT2D eigenvalue weighted by Gasteiger charge is 1.93. The second-order valence-electron chi connectivity index (χ2n) is 3.29. The van der Waals surface area contributed by atoms with E-state index in [4.69, 9.17) is 0 Å². The van der Waals surface area contributed by atoms with Crippen molar-refractivity contribution >= 4 is 6.72 Å². The largest absolute Gasteiger partial charge is 0.273 e. The van der Waals surface area contributed by atoms with Crippen LogP contribution in [0.3, 0.4) is 0 Å². The maximum atomic E-state index is 12.2. The topological polar surface area (TPSA) is 12.4 Å². The number of halogens is 2. The maximum absolute atomic E-state index is 12.2. The Morgan fingerprint density at radius 1 is 1.25 bits per heavy atom. The molecule has 1 nitrogen and oxygen atoms in total. The van der Waals surface area contributed by atoms with E-state index in [1.165, 1.54) is 12.1 Å². The first-order valence-electron chi connectivity index (χ1n) is 4.66. The summed E-state index contributed by atoms with van der Waals surface area (Å²) in [4.78, 5) is 3.48. The third-order valence-corrected chi connectivity index (χ3v) is 1.47. The molecule has 0 spiro atoms. The Labute approximate surface area is 94.8 Å². The summed E-state index contributed by atoms with van der Waals surface area (Å²) in [5.74, 6) is -1.04. The predicted molar refractivity (Wildman–Crippen MR) is 64.6 cm³/mol. The van der Waals surface area contributed by atoms with Crippen molar-refractivity contribution in [1.82, 2.24) is 0 Å². The van der Waals surface area contributed by atoms with E-state index >= 15 is 0 Å². The van der Waals surface area contributed by atoms with Crippen molar-refractivity contribution in [2.45, 2.75) is 13.8 Å². The van der Waals surface area contributed by atoms with Gasteiger partial charge in [-0.25, -0.2) is 8.78 Å². The maximum Gasteiger partial charge on any atom is 0.126 e. The Hall–Kier alpha value is -1.77. The quantitative estimate of drug-likeness (QED) is 0.530. The lowest BCUT2D eigenvalue weighted by atomic mass is 10.2. The minimum atomic E-state index is -0.521. The molecule has 1 rings (SSSR count). The predicted octanol–water partition coefficient (Wildman–Crippen LogP) is 4.05. The fourth-order valence-electron chi connectivity index (χ4n) is 0.872. The molecule has 0 amide bonds. The van der Waals surface area contributed by atoms with Crippen LogP contribution in [0.5, 0.6) is 0 Å². The van der Waals surface area contributed by atoms with Crippen molar-refractivity contribution in [3.05, 3.63) is 59.8 Å². The van der Waals surface area contributed by atoms with Crippen LogP contribution in [0, 0.1) is 18.6 Å². The van der Waals surface area contributed by atoms with E-state index in [-0.39, 0.29) is 0 Å². The zero-order valence-electron chi connectivity index (χ0n) is 9.50.